The fraction of sp³-hybridized carbons (Fsp3) is 0. The van der Waals surface area contributed by atoms with E-state index in [1.165, 1.54) is 41.7 Å². The number of nitrogens with zero attached hydrogens (tertiary/aromatic N) is 2. The second-order valence-electron chi connectivity index (χ2n) is 11.9. The first-order valence-electron chi connectivity index (χ1n) is 15.8. The van der Waals surface area contributed by atoms with Crippen LogP contribution in [-0.2, 0) is 0 Å². The molecule has 0 N–H and O–H groups in total. The topological polar surface area (TPSA) is 25.4 Å². The van der Waals surface area contributed by atoms with Gasteiger partial charge in [0.15, 0.2) is 11.5 Å². The van der Waals surface area contributed by atoms with Crippen molar-refractivity contribution in [3.63, 3.8) is 0 Å². The van der Waals surface area contributed by atoms with Crippen LogP contribution in [0.25, 0.3) is 64.2 Å². The largest absolute Gasteiger partial charge is 0.453 e. The molecule has 1 aliphatic rings. The summed E-state index contributed by atoms with van der Waals surface area (Å²) in [5.41, 5.74) is 7.26. The predicted molar refractivity (Wildman–Crippen MR) is 198 cm³/mol. The molecule has 0 spiro atoms. The summed E-state index contributed by atoms with van der Waals surface area (Å²) in [6.07, 6.45) is 0. The molecule has 220 valence electrons. The third kappa shape index (κ3) is 4.09. The number of benzene rings is 7. The molecule has 4 heteroatoms. The van der Waals surface area contributed by atoms with E-state index in [-0.39, 0.29) is 0 Å². The van der Waals surface area contributed by atoms with Gasteiger partial charge in [-0.05, 0) is 64.7 Å². The second-order valence-corrected chi connectivity index (χ2v) is 13.0. The smallest absolute Gasteiger partial charge is 0.151 e. The Morgan fingerprint density at radius 1 is 0.511 bits per heavy atom. The van der Waals surface area contributed by atoms with Gasteiger partial charge in [0, 0.05) is 42.4 Å². The highest BCUT2D eigenvalue weighted by molar-refractivity contribution is 7.26. The van der Waals surface area contributed by atoms with Crippen molar-refractivity contribution in [1.82, 2.24) is 4.98 Å². The summed E-state index contributed by atoms with van der Waals surface area (Å²) in [5, 5.41) is 7.57. The standard InChI is InChI=1S/C43H26N2OS/c1-2-11-29(12-3-1)42-32-24-25-40-41(33-23-20-27-10-4-5-13-31(27)43(33)47-40)34(32)26-35(44-42)28-18-21-30(22-19-28)45-36-14-6-8-16-38(36)46-39-17-9-7-15-37(39)45/h1-26H. The van der Waals surface area contributed by atoms with Gasteiger partial charge in [0.2, 0.25) is 0 Å². The molecule has 0 bridgehead atoms. The van der Waals surface area contributed by atoms with Crippen LogP contribution in [0.2, 0.25) is 0 Å². The molecule has 1 aliphatic heterocycles. The zero-order valence-corrected chi connectivity index (χ0v) is 26.0. The highest BCUT2D eigenvalue weighted by Crippen LogP contribution is 2.50. The number of hydrogen-bond donors (Lipinski definition) is 0. The van der Waals surface area contributed by atoms with Gasteiger partial charge < -0.3 is 9.64 Å². The van der Waals surface area contributed by atoms with Crippen LogP contribution in [0.5, 0.6) is 11.5 Å². The highest BCUT2D eigenvalue weighted by Gasteiger charge is 2.25. The van der Waals surface area contributed by atoms with Gasteiger partial charge in [0.25, 0.3) is 0 Å². The molecule has 7 aromatic carbocycles. The van der Waals surface area contributed by atoms with E-state index in [1.54, 1.807) is 0 Å². The lowest BCUT2D eigenvalue weighted by molar-refractivity contribution is 0.477. The van der Waals surface area contributed by atoms with E-state index in [4.69, 9.17) is 9.72 Å². The third-order valence-electron chi connectivity index (χ3n) is 9.24. The van der Waals surface area contributed by atoms with Gasteiger partial charge >= 0.3 is 0 Å². The minimum Gasteiger partial charge on any atom is -0.453 e. The summed E-state index contributed by atoms with van der Waals surface area (Å²) >= 11 is 1.88. The zero-order chi connectivity index (χ0) is 30.9. The molecule has 0 fully saturated rings. The Balaban J connectivity index is 1.18. The molecule has 2 aromatic heterocycles. The maximum absolute atomic E-state index is 6.25. The average molecular weight is 619 g/mol. The lowest BCUT2D eigenvalue weighted by atomic mass is 9.97. The lowest BCUT2D eigenvalue weighted by Crippen LogP contribution is -2.15. The van der Waals surface area contributed by atoms with E-state index in [0.29, 0.717) is 0 Å². The Morgan fingerprint density at radius 3 is 1.98 bits per heavy atom. The van der Waals surface area contributed by atoms with E-state index >= 15 is 0 Å². The van der Waals surface area contributed by atoms with Crippen molar-refractivity contribution in [2.24, 2.45) is 0 Å². The number of thiophene rings is 1. The van der Waals surface area contributed by atoms with Gasteiger partial charge in [0.05, 0.1) is 22.8 Å². The zero-order valence-electron chi connectivity index (χ0n) is 25.2. The number of rotatable bonds is 3. The molecular weight excluding hydrogens is 593 g/mol. The number of para-hydroxylation sites is 4. The van der Waals surface area contributed by atoms with Gasteiger partial charge in [-0.3, -0.25) is 0 Å². The molecule has 0 unspecified atom stereocenters. The summed E-state index contributed by atoms with van der Waals surface area (Å²) in [6.45, 7) is 0. The number of ether oxygens (including phenoxy) is 1. The van der Waals surface area contributed by atoms with Crippen LogP contribution in [-0.4, -0.2) is 4.98 Å². The van der Waals surface area contributed by atoms with Crippen LogP contribution in [0, 0.1) is 0 Å². The van der Waals surface area contributed by atoms with Crippen LogP contribution >= 0.6 is 11.3 Å². The molecule has 47 heavy (non-hydrogen) atoms. The average Bonchev–Trinajstić information content (AvgIpc) is 3.54. The quantitative estimate of drug-likeness (QED) is 0.197. The van der Waals surface area contributed by atoms with Crippen molar-refractivity contribution in [1.29, 1.82) is 0 Å². The van der Waals surface area contributed by atoms with Gasteiger partial charge in [-0.25, -0.2) is 4.98 Å². The number of pyridine rings is 1. The van der Waals surface area contributed by atoms with Crippen LogP contribution in [0.15, 0.2) is 158 Å². The molecule has 0 saturated carbocycles. The Bertz CT molecular complexity index is 2610. The molecule has 0 radical (unpaired) electrons. The summed E-state index contributed by atoms with van der Waals surface area (Å²) < 4.78 is 8.88. The summed E-state index contributed by atoms with van der Waals surface area (Å²) in [5.74, 6) is 1.69. The predicted octanol–water partition coefficient (Wildman–Crippen LogP) is 12.7. The number of fused-ring (bicyclic) bond motifs is 9. The molecule has 9 aromatic rings. The van der Waals surface area contributed by atoms with Crippen LogP contribution in [0.1, 0.15) is 0 Å². The Labute approximate surface area is 275 Å². The van der Waals surface area contributed by atoms with E-state index in [1.807, 2.05) is 35.6 Å². The summed E-state index contributed by atoms with van der Waals surface area (Å²) in [4.78, 5) is 7.62. The Kier molecular flexibility index (Phi) is 5.74. The minimum atomic E-state index is 0.846. The van der Waals surface area contributed by atoms with Gasteiger partial charge in [-0.1, -0.05) is 109 Å². The van der Waals surface area contributed by atoms with Crippen molar-refractivity contribution < 1.29 is 4.74 Å². The number of aromatic nitrogens is 1. The first-order valence-corrected chi connectivity index (χ1v) is 16.6. The molecule has 0 amide bonds. The van der Waals surface area contributed by atoms with Crippen molar-refractivity contribution >= 4 is 70.1 Å². The van der Waals surface area contributed by atoms with Gasteiger partial charge in [0.1, 0.15) is 0 Å². The van der Waals surface area contributed by atoms with Crippen molar-refractivity contribution in [3.8, 4) is 34.0 Å². The first kappa shape index (κ1) is 26.3. The first-order chi connectivity index (χ1) is 23.3. The van der Waals surface area contributed by atoms with E-state index in [9.17, 15) is 0 Å². The summed E-state index contributed by atoms with van der Waals surface area (Å²) in [6, 6.07) is 55.8. The monoisotopic (exact) mass is 618 g/mol. The van der Waals surface area contributed by atoms with Crippen LogP contribution in [0.4, 0.5) is 17.1 Å². The van der Waals surface area contributed by atoms with E-state index in [2.05, 4.69) is 138 Å². The Morgan fingerprint density at radius 2 is 1.19 bits per heavy atom. The fourth-order valence-corrected chi connectivity index (χ4v) is 8.31. The molecule has 3 heterocycles. The van der Waals surface area contributed by atoms with Crippen molar-refractivity contribution in [3.05, 3.63) is 158 Å². The SMILES string of the molecule is c1ccc(-c2nc(-c3ccc(N4c5ccccc5Oc5ccccc54)cc3)cc3c2ccc2sc4c5ccccc5ccc4c23)cc1. The van der Waals surface area contributed by atoms with Crippen LogP contribution < -0.4 is 9.64 Å². The maximum Gasteiger partial charge on any atom is 0.151 e. The van der Waals surface area contributed by atoms with Crippen molar-refractivity contribution in [2.75, 3.05) is 4.90 Å². The normalized spacial score (nSPS) is 12.4. The van der Waals surface area contributed by atoms with Crippen LogP contribution in [0.3, 0.4) is 0 Å². The molecule has 0 aliphatic carbocycles. The van der Waals surface area contributed by atoms with E-state index < -0.39 is 0 Å². The maximum atomic E-state index is 6.25. The number of anilines is 3. The molecule has 0 saturated heterocycles. The number of hydrogen-bond acceptors (Lipinski definition) is 4. The second kappa shape index (κ2) is 10.3. The highest BCUT2D eigenvalue weighted by atomic mass is 32.1. The Hall–Kier alpha value is -5.97. The van der Waals surface area contributed by atoms with Gasteiger partial charge in [-0.15, -0.1) is 11.3 Å². The molecule has 10 rings (SSSR count). The molecular formula is C43H26N2OS. The third-order valence-corrected chi connectivity index (χ3v) is 10.4. The minimum absolute atomic E-state index is 0.846. The molecule has 3 nitrogen and oxygen atoms in total. The molecule has 0 atom stereocenters. The van der Waals surface area contributed by atoms with Crippen molar-refractivity contribution in [2.45, 2.75) is 0 Å². The van der Waals surface area contributed by atoms with E-state index in [0.717, 1.165) is 51.1 Å². The fourth-order valence-electron chi connectivity index (χ4n) is 7.06. The summed E-state index contributed by atoms with van der Waals surface area (Å²) in [7, 11) is 0. The lowest BCUT2D eigenvalue weighted by Gasteiger charge is -2.32. The van der Waals surface area contributed by atoms with Gasteiger partial charge in [-0.2, -0.15) is 0 Å².